The lowest BCUT2D eigenvalue weighted by Crippen LogP contribution is -2.36. The molecule has 0 heterocycles. The molecule has 0 aliphatic carbocycles. The van der Waals surface area contributed by atoms with Gasteiger partial charge in [-0.3, -0.25) is 19.3 Å². The minimum Gasteiger partial charge on any atom is -0.325 e. The predicted molar refractivity (Wildman–Crippen MR) is 131 cm³/mol. The molecule has 0 aliphatic heterocycles. The van der Waals surface area contributed by atoms with Crippen molar-refractivity contribution in [1.29, 1.82) is 0 Å². The number of nitrogens with zero attached hydrogens (tertiary/aromatic N) is 1. The van der Waals surface area contributed by atoms with E-state index in [1.54, 1.807) is 48.3 Å². The fourth-order valence-corrected chi connectivity index (χ4v) is 3.39. The zero-order valence-corrected chi connectivity index (χ0v) is 18.8. The summed E-state index contributed by atoms with van der Waals surface area (Å²) in [7, 11) is 1.69. The molecule has 7 nitrogen and oxygen atoms in total. The summed E-state index contributed by atoms with van der Waals surface area (Å²) in [5.74, 6) is -0.840. The zero-order valence-electron chi connectivity index (χ0n) is 18.8. The summed E-state index contributed by atoms with van der Waals surface area (Å²) in [4.78, 5) is 39.3. The highest BCUT2D eigenvalue weighted by Gasteiger charge is 2.16. The number of carbonyl (C=O) groups excluding carboxylic acids is 3. The molecule has 3 aromatic carbocycles. The number of rotatable bonds is 9. The Morgan fingerprint density at radius 1 is 0.697 bits per heavy atom. The van der Waals surface area contributed by atoms with Gasteiger partial charge in [0, 0.05) is 11.4 Å². The number of para-hydroxylation sites is 3. The van der Waals surface area contributed by atoms with Crippen LogP contribution < -0.4 is 16.0 Å². The fraction of sp³-hybridized carbons (Fsp3) is 0.192. The van der Waals surface area contributed by atoms with Crippen LogP contribution in [0.15, 0.2) is 78.9 Å². The van der Waals surface area contributed by atoms with Crippen LogP contribution in [0.5, 0.6) is 0 Å². The molecule has 3 N–H and O–H groups in total. The maximum Gasteiger partial charge on any atom is 0.257 e. The van der Waals surface area contributed by atoms with Crippen molar-refractivity contribution in [2.45, 2.75) is 13.3 Å². The molecule has 7 heteroatoms. The zero-order chi connectivity index (χ0) is 23.6. The van der Waals surface area contributed by atoms with Gasteiger partial charge in [-0.05, 0) is 49.4 Å². The Morgan fingerprint density at radius 2 is 1.24 bits per heavy atom. The van der Waals surface area contributed by atoms with Crippen LogP contribution in [0.4, 0.5) is 17.1 Å². The normalized spacial score (nSPS) is 10.5. The molecule has 3 rings (SSSR count). The Balaban J connectivity index is 1.56. The van der Waals surface area contributed by atoms with E-state index in [1.165, 1.54) is 0 Å². The van der Waals surface area contributed by atoms with Gasteiger partial charge in [-0.2, -0.15) is 0 Å². The van der Waals surface area contributed by atoms with Crippen molar-refractivity contribution in [2.75, 3.05) is 36.1 Å². The van der Waals surface area contributed by atoms with E-state index >= 15 is 0 Å². The van der Waals surface area contributed by atoms with Gasteiger partial charge in [0.2, 0.25) is 11.8 Å². The highest BCUT2D eigenvalue weighted by Crippen LogP contribution is 2.18. The number of hydrogen-bond acceptors (Lipinski definition) is 4. The van der Waals surface area contributed by atoms with Gasteiger partial charge in [-0.15, -0.1) is 0 Å². The van der Waals surface area contributed by atoms with Crippen molar-refractivity contribution in [1.82, 2.24) is 4.90 Å². The van der Waals surface area contributed by atoms with Crippen LogP contribution in [0.25, 0.3) is 0 Å². The third kappa shape index (κ3) is 7.02. The Bertz CT molecular complexity index is 1120. The maximum absolute atomic E-state index is 12.7. The average Bonchev–Trinajstić information content (AvgIpc) is 2.80. The molecule has 0 aromatic heterocycles. The SMILES string of the molecule is CCc1ccccc1NC(=O)CN(C)CC(=O)Nc1ccccc1C(=O)Nc1ccccc1. The number of amides is 3. The largest absolute Gasteiger partial charge is 0.325 e. The lowest BCUT2D eigenvalue weighted by atomic mass is 10.1. The first-order valence-corrected chi connectivity index (χ1v) is 10.8. The van der Waals surface area contributed by atoms with Crippen LogP contribution in [0.2, 0.25) is 0 Å². The first-order chi connectivity index (χ1) is 16.0. The molecule has 0 fully saturated rings. The number of carbonyl (C=O) groups is 3. The molecule has 3 aromatic rings. The van der Waals surface area contributed by atoms with Crippen molar-refractivity contribution >= 4 is 34.8 Å². The molecule has 0 bridgehead atoms. The van der Waals surface area contributed by atoms with Crippen LogP contribution in [-0.4, -0.2) is 42.8 Å². The van der Waals surface area contributed by atoms with Gasteiger partial charge in [-0.25, -0.2) is 0 Å². The highest BCUT2D eigenvalue weighted by atomic mass is 16.2. The van der Waals surface area contributed by atoms with Gasteiger partial charge in [-0.1, -0.05) is 55.5 Å². The number of aryl methyl sites for hydroxylation is 1. The second-order valence-corrected chi connectivity index (χ2v) is 7.65. The quantitative estimate of drug-likeness (QED) is 0.465. The maximum atomic E-state index is 12.7. The van der Waals surface area contributed by atoms with Gasteiger partial charge in [0.25, 0.3) is 5.91 Å². The topological polar surface area (TPSA) is 90.5 Å². The summed E-state index contributed by atoms with van der Waals surface area (Å²) >= 11 is 0. The van der Waals surface area contributed by atoms with Gasteiger partial charge in [0.05, 0.1) is 24.3 Å². The molecule has 0 unspecified atom stereocenters. The number of anilines is 3. The molecule has 0 saturated heterocycles. The Morgan fingerprint density at radius 3 is 1.91 bits per heavy atom. The van der Waals surface area contributed by atoms with Crippen LogP contribution in [0, 0.1) is 0 Å². The lowest BCUT2D eigenvalue weighted by molar-refractivity contribution is -0.119. The van der Waals surface area contributed by atoms with Gasteiger partial charge in [0.1, 0.15) is 0 Å². The summed E-state index contributed by atoms with van der Waals surface area (Å²) in [6.07, 6.45) is 0.811. The van der Waals surface area contributed by atoms with Crippen molar-refractivity contribution in [3.05, 3.63) is 90.0 Å². The summed E-state index contributed by atoms with van der Waals surface area (Å²) in [6.45, 7) is 2.08. The van der Waals surface area contributed by atoms with E-state index in [-0.39, 0.29) is 30.8 Å². The molecule has 0 spiro atoms. The minimum absolute atomic E-state index is 0.00250. The van der Waals surface area contributed by atoms with Gasteiger partial charge in [0.15, 0.2) is 0 Å². The van der Waals surface area contributed by atoms with Crippen molar-refractivity contribution < 1.29 is 14.4 Å². The number of benzene rings is 3. The first kappa shape index (κ1) is 23.7. The summed E-state index contributed by atoms with van der Waals surface area (Å²) in [5.41, 5.74) is 3.26. The number of nitrogens with one attached hydrogen (secondary N) is 3. The van der Waals surface area contributed by atoms with E-state index in [1.807, 2.05) is 49.4 Å². The molecule has 3 amide bonds. The van der Waals surface area contributed by atoms with E-state index in [0.717, 1.165) is 17.7 Å². The predicted octanol–water partition coefficient (Wildman–Crippen LogP) is 4.01. The van der Waals surface area contributed by atoms with Crippen LogP contribution in [0.3, 0.4) is 0 Å². The van der Waals surface area contributed by atoms with Crippen molar-refractivity contribution in [3.8, 4) is 0 Å². The molecular weight excluding hydrogens is 416 g/mol. The lowest BCUT2D eigenvalue weighted by Gasteiger charge is -2.17. The second-order valence-electron chi connectivity index (χ2n) is 7.65. The monoisotopic (exact) mass is 444 g/mol. The summed E-state index contributed by atoms with van der Waals surface area (Å²) in [6, 6.07) is 23.5. The molecule has 33 heavy (non-hydrogen) atoms. The van der Waals surface area contributed by atoms with E-state index < -0.39 is 0 Å². The number of hydrogen-bond donors (Lipinski definition) is 3. The first-order valence-electron chi connectivity index (χ1n) is 10.8. The van der Waals surface area contributed by atoms with E-state index in [2.05, 4.69) is 16.0 Å². The molecule has 170 valence electrons. The van der Waals surface area contributed by atoms with Gasteiger partial charge < -0.3 is 16.0 Å². The molecule has 0 saturated carbocycles. The van der Waals surface area contributed by atoms with Crippen LogP contribution >= 0.6 is 0 Å². The Kier molecular flexibility index (Phi) is 8.32. The third-order valence-electron chi connectivity index (χ3n) is 4.98. The second kappa shape index (κ2) is 11.6. The summed E-state index contributed by atoms with van der Waals surface area (Å²) in [5, 5.41) is 8.49. The molecule has 0 atom stereocenters. The van der Waals surface area contributed by atoms with Gasteiger partial charge >= 0.3 is 0 Å². The third-order valence-corrected chi connectivity index (χ3v) is 4.98. The van der Waals surface area contributed by atoms with E-state index in [4.69, 9.17) is 0 Å². The average molecular weight is 445 g/mol. The van der Waals surface area contributed by atoms with E-state index in [0.29, 0.717) is 16.9 Å². The minimum atomic E-state index is -0.320. The fourth-order valence-electron chi connectivity index (χ4n) is 3.39. The molecule has 0 radical (unpaired) electrons. The van der Waals surface area contributed by atoms with Crippen LogP contribution in [0.1, 0.15) is 22.8 Å². The number of likely N-dealkylation sites (N-methyl/N-ethyl adjacent to an activating group) is 1. The molecular formula is C26H28N4O3. The Labute approximate surface area is 193 Å². The summed E-state index contributed by atoms with van der Waals surface area (Å²) < 4.78 is 0. The smallest absolute Gasteiger partial charge is 0.257 e. The van der Waals surface area contributed by atoms with Crippen molar-refractivity contribution in [3.63, 3.8) is 0 Å². The standard InChI is InChI=1S/C26H28N4O3/c1-3-19-11-7-9-15-22(19)28-24(31)17-30(2)18-25(32)29-23-16-10-8-14-21(23)26(33)27-20-12-5-4-6-13-20/h4-16H,3,17-18H2,1-2H3,(H,27,33)(H,28,31)(H,29,32). The Hall–Kier alpha value is -3.97. The highest BCUT2D eigenvalue weighted by molar-refractivity contribution is 6.10. The van der Waals surface area contributed by atoms with E-state index in [9.17, 15) is 14.4 Å². The van der Waals surface area contributed by atoms with Crippen molar-refractivity contribution in [2.24, 2.45) is 0 Å². The molecule has 0 aliphatic rings. The van der Waals surface area contributed by atoms with Crippen LogP contribution in [-0.2, 0) is 16.0 Å².